The summed E-state index contributed by atoms with van der Waals surface area (Å²) in [6.45, 7) is 3.51. The van der Waals surface area contributed by atoms with E-state index in [4.69, 9.17) is 9.47 Å². The second-order valence-electron chi connectivity index (χ2n) is 8.03. The average molecular weight is 579 g/mol. The highest BCUT2D eigenvalue weighted by Crippen LogP contribution is 2.39. The lowest BCUT2D eigenvalue weighted by Gasteiger charge is -2.12. The lowest BCUT2D eigenvalue weighted by atomic mass is 10.0. The van der Waals surface area contributed by atoms with E-state index in [1.165, 1.54) is 25.8 Å². The van der Waals surface area contributed by atoms with Gasteiger partial charge in [-0.05, 0) is 94.6 Å². The summed E-state index contributed by atoms with van der Waals surface area (Å²) in [6.07, 6.45) is 2.49. The van der Waals surface area contributed by atoms with Gasteiger partial charge in [0.15, 0.2) is 22.4 Å². The van der Waals surface area contributed by atoms with Gasteiger partial charge < -0.3 is 14.8 Å². The molecule has 1 heterocycles. The maximum absolute atomic E-state index is 12.6. The third-order valence-electron chi connectivity index (χ3n) is 5.48. The highest BCUT2D eigenvalue weighted by atomic mass is 79.9. The minimum Gasteiger partial charge on any atom is -0.493 e. The van der Waals surface area contributed by atoms with Crippen molar-refractivity contribution in [2.45, 2.75) is 20.3 Å². The number of rotatable bonds is 7. The fourth-order valence-corrected chi connectivity index (χ4v) is 4.95. The Labute approximate surface area is 227 Å². The predicted molar refractivity (Wildman–Crippen MR) is 149 cm³/mol. The van der Waals surface area contributed by atoms with Gasteiger partial charge in [-0.1, -0.05) is 31.2 Å². The van der Waals surface area contributed by atoms with Gasteiger partial charge in [0, 0.05) is 5.56 Å². The number of hydrogen-bond acceptors (Lipinski definition) is 7. The van der Waals surface area contributed by atoms with Crippen molar-refractivity contribution < 1.29 is 23.9 Å². The Balaban J connectivity index is 1.59. The number of amidine groups is 1. The number of thioether (sulfide) groups is 1. The highest BCUT2D eigenvalue weighted by Gasteiger charge is 2.25. The molecule has 37 heavy (non-hydrogen) atoms. The van der Waals surface area contributed by atoms with E-state index < -0.39 is 5.97 Å². The largest absolute Gasteiger partial charge is 0.493 e. The van der Waals surface area contributed by atoms with Crippen LogP contribution in [0.15, 0.2) is 75.0 Å². The normalized spacial score (nSPS) is 15.1. The second kappa shape index (κ2) is 11.6. The number of Topliss-reactive ketones (excluding diaryl/α,β-unsaturated/α-hetero) is 1. The third-order valence-corrected chi connectivity index (χ3v) is 6.97. The highest BCUT2D eigenvalue weighted by molar-refractivity contribution is 9.10. The number of ether oxygens (including phenoxy) is 2. The van der Waals surface area contributed by atoms with Gasteiger partial charge in [0.25, 0.3) is 5.91 Å². The molecule has 1 saturated heterocycles. The molecule has 3 aromatic rings. The fourth-order valence-electron chi connectivity index (χ4n) is 3.57. The number of amides is 1. The van der Waals surface area contributed by atoms with Gasteiger partial charge in [-0.3, -0.25) is 9.59 Å². The first-order chi connectivity index (χ1) is 17.8. The summed E-state index contributed by atoms with van der Waals surface area (Å²) < 4.78 is 11.5. The minimum atomic E-state index is -0.519. The zero-order valence-corrected chi connectivity index (χ0v) is 22.7. The van der Waals surface area contributed by atoms with Gasteiger partial charge in [0.2, 0.25) is 0 Å². The fraction of sp³-hybridized carbons (Fsp3) is 0.143. The van der Waals surface area contributed by atoms with Gasteiger partial charge in [-0.25, -0.2) is 9.79 Å². The van der Waals surface area contributed by atoms with Crippen molar-refractivity contribution in [3.05, 3.63) is 92.3 Å². The molecular formula is C28H23BrN2O5S. The van der Waals surface area contributed by atoms with E-state index in [9.17, 15) is 14.4 Å². The van der Waals surface area contributed by atoms with Crippen LogP contribution in [0, 0.1) is 0 Å². The number of nitrogens with one attached hydrogen (secondary N) is 1. The van der Waals surface area contributed by atoms with E-state index >= 15 is 0 Å². The summed E-state index contributed by atoms with van der Waals surface area (Å²) >= 11 is 4.61. The zero-order valence-electron chi connectivity index (χ0n) is 20.3. The molecule has 1 fully saturated rings. The van der Waals surface area contributed by atoms with Crippen LogP contribution >= 0.6 is 27.7 Å². The van der Waals surface area contributed by atoms with E-state index in [1.807, 2.05) is 25.1 Å². The van der Waals surface area contributed by atoms with Crippen molar-refractivity contribution in [1.29, 1.82) is 0 Å². The van der Waals surface area contributed by atoms with Gasteiger partial charge in [-0.2, -0.15) is 0 Å². The molecule has 0 aromatic heterocycles. The van der Waals surface area contributed by atoms with Crippen molar-refractivity contribution in [2.24, 2.45) is 4.99 Å². The number of carbonyl (C=O) groups excluding carboxylic acids is 3. The predicted octanol–water partition coefficient (Wildman–Crippen LogP) is 6.33. The molecule has 1 N–H and O–H groups in total. The Kier molecular flexibility index (Phi) is 8.25. The standard InChI is InChI=1S/C28H23BrN2O5S/c1-4-17-10-11-22(20(12-17)16(2)32)30-28-31-26(33)24(37-28)15-18-13-21(29)25(23(14-18)35-3)36-27(34)19-8-6-5-7-9-19/h5-15H,4H2,1-3H3,(H,30,31,33)/b24-15+. The first kappa shape index (κ1) is 26.4. The van der Waals surface area contributed by atoms with Crippen LogP contribution in [0.2, 0.25) is 0 Å². The van der Waals surface area contributed by atoms with Gasteiger partial charge in [0.05, 0.1) is 27.7 Å². The van der Waals surface area contributed by atoms with Crippen molar-refractivity contribution in [2.75, 3.05) is 7.11 Å². The summed E-state index contributed by atoms with van der Waals surface area (Å²) in [5.41, 5.74) is 3.11. The first-order valence-electron chi connectivity index (χ1n) is 11.4. The van der Waals surface area contributed by atoms with Gasteiger partial charge in [-0.15, -0.1) is 0 Å². The van der Waals surface area contributed by atoms with E-state index in [0.717, 1.165) is 12.0 Å². The number of benzene rings is 3. The van der Waals surface area contributed by atoms with Crippen LogP contribution < -0.4 is 14.8 Å². The summed E-state index contributed by atoms with van der Waals surface area (Å²) in [5, 5.41) is 3.13. The maximum Gasteiger partial charge on any atom is 0.343 e. The molecule has 188 valence electrons. The number of nitrogens with zero attached hydrogens (tertiary/aromatic N) is 1. The number of ketones is 1. The van der Waals surface area contributed by atoms with Gasteiger partial charge in [0.1, 0.15) is 0 Å². The number of aliphatic imine (C=N–C) groups is 1. The average Bonchev–Trinajstić information content (AvgIpc) is 3.23. The van der Waals surface area contributed by atoms with Crippen molar-refractivity contribution in [3.8, 4) is 11.5 Å². The molecule has 0 atom stereocenters. The number of hydrogen-bond donors (Lipinski definition) is 1. The molecule has 1 aliphatic heterocycles. The topological polar surface area (TPSA) is 94.1 Å². The molecule has 7 nitrogen and oxygen atoms in total. The van der Waals surface area contributed by atoms with Crippen molar-refractivity contribution >= 4 is 62.3 Å². The Hall–Kier alpha value is -3.69. The first-order valence-corrected chi connectivity index (χ1v) is 13.0. The second-order valence-corrected chi connectivity index (χ2v) is 9.92. The van der Waals surface area contributed by atoms with Crippen molar-refractivity contribution in [1.82, 2.24) is 5.32 Å². The Morgan fingerprint density at radius 1 is 1.11 bits per heavy atom. The maximum atomic E-state index is 12.6. The zero-order chi connectivity index (χ0) is 26.5. The third kappa shape index (κ3) is 6.18. The van der Waals surface area contributed by atoms with E-state index in [0.29, 0.717) is 42.7 Å². The summed E-state index contributed by atoms with van der Waals surface area (Å²) in [4.78, 5) is 42.2. The molecule has 0 unspecified atom stereocenters. The monoisotopic (exact) mass is 578 g/mol. The minimum absolute atomic E-state index is 0.0928. The van der Waals surface area contributed by atoms with Crippen LogP contribution in [0.4, 0.5) is 5.69 Å². The summed E-state index contributed by atoms with van der Waals surface area (Å²) in [5.74, 6) is -0.367. The van der Waals surface area contributed by atoms with E-state index in [-0.39, 0.29) is 17.4 Å². The molecular weight excluding hydrogens is 556 g/mol. The Morgan fingerprint density at radius 3 is 2.54 bits per heavy atom. The molecule has 0 radical (unpaired) electrons. The molecule has 0 bridgehead atoms. The molecule has 1 aliphatic rings. The smallest absolute Gasteiger partial charge is 0.343 e. The molecule has 0 aliphatic carbocycles. The van der Waals surface area contributed by atoms with Crippen LogP contribution in [0.3, 0.4) is 0 Å². The SMILES string of the molecule is CCc1ccc(N=C2NC(=O)/C(=C\c3cc(Br)c(OC(=O)c4ccccc4)c(OC)c3)S2)c(C(C)=O)c1. The Morgan fingerprint density at radius 2 is 1.86 bits per heavy atom. The van der Waals surface area contributed by atoms with Gasteiger partial charge >= 0.3 is 5.97 Å². The number of esters is 1. The summed E-state index contributed by atoms with van der Waals surface area (Å²) in [7, 11) is 1.47. The van der Waals surface area contributed by atoms with Crippen LogP contribution in [0.5, 0.6) is 11.5 Å². The lowest BCUT2D eigenvalue weighted by Crippen LogP contribution is -2.19. The number of halogens is 1. The quantitative estimate of drug-likeness (QED) is 0.152. The van der Waals surface area contributed by atoms with Crippen LogP contribution in [0.1, 0.15) is 45.7 Å². The van der Waals surface area contributed by atoms with Crippen LogP contribution in [-0.2, 0) is 11.2 Å². The molecule has 9 heteroatoms. The Bertz CT molecular complexity index is 1450. The van der Waals surface area contributed by atoms with Crippen molar-refractivity contribution in [3.63, 3.8) is 0 Å². The van der Waals surface area contributed by atoms with E-state index in [1.54, 1.807) is 48.5 Å². The molecule has 4 rings (SSSR count). The molecule has 3 aromatic carbocycles. The van der Waals surface area contributed by atoms with Crippen LogP contribution in [-0.4, -0.2) is 29.9 Å². The molecule has 1 amide bonds. The summed E-state index contributed by atoms with van der Waals surface area (Å²) in [6, 6.07) is 17.6. The molecule has 0 spiro atoms. The number of methoxy groups -OCH3 is 1. The van der Waals surface area contributed by atoms with Crippen LogP contribution in [0.25, 0.3) is 6.08 Å². The van der Waals surface area contributed by atoms with E-state index in [2.05, 4.69) is 26.2 Å². The number of carbonyl (C=O) groups is 3. The lowest BCUT2D eigenvalue weighted by molar-refractivity contribution is -0.115. The molecule has 0 saturated carbocycles. The number of aryl methyl sites for hydroxylation is 1.